The van der Waals surface area contributed by atoms with Crippen LogP contribution in [-0.4, -0.2) is 47.9 Å². The van der Waals surface area contributed by atoms with E-state index in [1.54, 1.807) is 0 Å². The maximum Gasteiger partial charge on any atom is 0.252 e. The molecule has 1 aliphatic carbocycles. The lowest BCUT2D eigenvalue weighted by atomic mass is 10.0. The number of carbonyl (C=O) groups is 1. The molecule has 0 heterocycles. The smallest absolute Gasteiger partial charge is 0.252 e. The van der Waals surface area contributed by atoms with Crippen LogP contribution in [0.5, 0.6) is 11.5 Å². The fraction of sp³-hybridized carbons (Fsp3) is 0.500. The molecule has 0 saturated heterocycles. The monoisotopic (exact) mass is 440 g/mol. The summed E-state index contributed by atoms with van der Waals surface area (Å²) < 4.78 is 5.65. The van der Waals surface area contributed by atoms with E-state index in [0.29, 0.717) is 18.8 Å². The lowest BCUT2D eigenvalue weighted by molar-refractivity contribution is -0.154. The van der Waals surface area contributed by atoms with Gasteiger partial charge in [-0.05, 0) is 67.5 Å². The summed E-state index contributed by atoms with van der Waals surface area (Å²) in [6, 6.07) is 16.0. The van der Waals surface area contributed by atoms with Gasteiger partial charge < -0.3 is 20.0 Å². The molecule has 6 nitrogen and oxygen atoms in total. The molecule has 0 aromatic heterocycles. The Morgan fingerprint density at radius 1 is 1.19 bits per heavy atom. The number of unbranched alkanes of at least 4 members (excludes halogenated alkanes) is 1. The zero-order valence-electron chi connectivity index (χ0n) is 19.3. The number of para-hydroxylation sites is 1. The first-order valence-electron chi connectivity index (χ1n) is 11.7. The average molecular weight is 441 g/mol. The van der Waals surface area contributed by atoms with Crippen molar-refractivity contribution in [3.63, 3.8) is 0 Å². The number of hydrogen-bond acceptors (Lipinski definition) is 5. The molecule has 2 aromatic carbocycles. The lowest BCUT2D eigenvalue weighted by Gasteiger charge is -2.22. The van der Waals surface area contributed by atoms with Gasteiger partial charge >= 0.3 is 0 Å². The van der Waals surface area contributed by atoms with E-state index in [4.69, 9.17) is 9.57 Å². The van der Waals surface area contributed by atoms with Crippen molar-refractivity contribution in [1.82, 2.24) is 10.4 Å². The van der Waals surface area contributed by atoms with Crippen LogP contribution in [0.2, 0.25) is 0 Å². The van der Waals surface area contributed by atoms with Gasteiger partial charge in [0.05, 0.1) is 6.54 Å². The van der Waals surface area contributed by atoms with E-state index < -0.39 is 6.10 Å². The highest BCUT2D eigenvalue weighted by atomic mass is 16.7. The number of aliphatic hydroxyl groups excluding tert-OH is 1. The normalized spacial score (nSPS) is 16.5. The number of hydroxylamine groups is 2. The third kappa shape index (κ3) is 7.53. The van der Waals surface area contributed by atoms with Gasteiger partial charge in [-0.15, -0.1) is 0 Å². The van der Waals surface area contributed by atoms with Gasteiger partial charge in [0.15, 0.2) is 5.75 Å². The van der Waals surface area contributed by atoms with Crippen LogP contribution in [0.4, 0.5) is 0 Å². The van der Waals surface area contributed by atoms with Crippen LogP contribution in [0.3, 0.4) is 0 Å². The first-order valence-corrected chi connectivity index (χ1v) is 11.7. The summed E-state index contributed by atoms with van der Waals surface area (Å²) in [6.45, 7) is 4.97. The molecule has 1 amide bonds. The van der Waals surface area contributed by atoms with Crippen LogP contribution >= 0.6 is 0 Å². The molecule has 32 heavy (non-hydrogen) atoms. The average Bonchev–Trinajstić information content (AvgIpc) is 3.01. The Bertz CT molecular complexity index is 843. The van der Waals surface area contributed by atoms with Crippen molar-refractivity contribution in [2.24, 2.45) is 0 Å². The molecule has 174 valence electrons. The summed E-state index contributed by atoms with van der Waals surface area (Å²) in [7, 11) is 0. The van der Waals surface area contributed by atoms with E-state index in [2.05, 4.69) is 24.4 Å². The van der Waals surface area contributed by atoms with Crippen LogP contribution in [0, 0.1) is 0 Å². The number of aryl methyl sites for hydroxylation is 1. The van der Waals surface area contributed by atoms with Gasteiger partial charge in [0.1, 0.15) is 18.5 Å². The van der Waals surface area contributed by atoms with E-state index in [9.17, 15) is 9.90 Å². The Balaban J connectivity index is 1.54. The molecule has 2 aromatic rings. The molecule has 2 atom stereocenters. The van der Waals surface area contributed by atoms with Crippen molar-refractivity contribution in [3.8, 4) is 11.5 Å². The third-order valence-electron chi connectivity index (χ3n) is 5.75. The van der Waals surface area contributed by atoms with Gasteiger partial charge in [-0.1, -0.05) is 37.6 Å². The van der Waals surface area contributed by atoms with Crippen molar-refractivity contribution in [2.45, 2.75) is 64.5 Å². The van der Waals surface area contributed by atoms with Gasteiger partial charge in [-0.3, -0.25) is 4.79 Å². The van der Waals surface area contributed by atoms with E-state index in [0.717, 1.165) is 44.3 Å². The van der Waals surface area contributed by atoms with Crippen LogP contribution in [0.25, 0.3) is 0 Å². The molecular formula is C26H36N2O4. The van der Waals surface area contributed by atoms with Crippen LogP contribution in [0.15, 0.2) is 48.5 Å². The summed E-state index contributed by atoms with van der Waals surface area (Å²) in [5.41, 5.74) is 2.57. The Labute approximate surface area is 191 Å². The van der Waals surface area contributed by atoms with Crippen LogP contribution in [-0.2, 0) is 17.6 Å². The Hall–Kier alpha value is -2.57. The Kier molecular flexibility index (Phi) is 9.38. The van der Waals surface area contributed by atoms with E-state index >= 15 is 0 Å². The first kappa shape index (κ1) is 24.1. The maximum atomic E-state index is 11.9. The number of nitrogens with one attached hydrogen (secondary N) is 1. The Morgan fingerprint density at radius 2 is 2.00 bits per heavy atom. The fourth-order valence-corrected chi connectivity index (χ4v) is 3.94. The van der Waals surface area contributed by atoms with E-state index in [1.165, 1.54) is 23.1 Å². The SMILES string of the molecule is CCCCN(Oc1ccc2c(c1)CC(NCC(O)COc1ccccc1)CCC2)C(C)=O. The van der Waals surface area contributed by atoms with Crippen molar-refractivity contribution < 1.29 is 19.5 Å². The number of amides is 1. The molecule has 0 saturated carbocycles. The second-order valence-electron chi connectivity index (χ2n) is 8.48. The fourth-order valence-electron chi connectivity index (χ4n) is 3.94. The number of benzene rings is 2. The summed E-state index contributed by atoms with van der Waals surface area (Å²) in [6.07, 6.45) is 5.38. The molecule has 6 heteroatoms. The largest absolute Gasteiger partial charge is 0.491 e. The first-order chi connectivity index (χ1) is 15.5. The summed E-state index contributed by atoms with van der Waals surface area (Å²) in [5.74, 6) is 1.38. The zero-order chi connectivity index (χ0) is 22.8. The van der Waals surface area contributed by atoms with Crippen molar-refractivity contribution in [3.05, 3.63) is 59.7 Å². The molecule has 0 spiro atoms. The predicted octanol–water partition coefficient (Wildman–Crippen LogP) is 3.91. The van der Waals surface area contributed by atoms with Crippen molar-refractivity contribution in [2.75, 3.05) is 19.7 Å². The van der Waals surface area contributed by atoms with Gasteiger partial charge in [0, 0.05) is 19.5 Å². The summed E-state index contributed by atoms with van der Waals surface area (Å²) in [5, 5.41) is 15.3. The standard InChI is InChI=1S/C26H36N2O4/c1-3-4-15-28(20(2)29)32-26-14-13-21-9-8-10-23(16-22(21)17-26)27-18-24(30)19-31-25-11-6-5-7-12-25/h5-7,11-14,17,23-24,27,30H,3-4,8-10,15-16,18-19H2,1-2H3. The number of rotatable bonds is 11. The summed E-state index contributed by atoms with van der Waals surface area (Å²) in [4.78, 5) is 17.8. The number of fused-ring (bicyclic) bond motifs is 1. The molecule has 0 radical (unpaired) electrons. The molecule has 0 bridgehead atoms. The lowest BCUT2D eigenvalue weighted by Crippen LogP contribution is -2.39. The highest BCUT2D eigenvalue weighted by Gasteiger charge is 2.19. The van der Waals surface area contributed by atoms with Gasteiger partial charge in [0.2, 0.25) is 0 Å². The van der Waals surface area contributed by atoms with Crippen molar-refractivity contribution >= 4 is 5.91 Å². The molecule has 2 N–H and O–H groups in total. The van der Waals surface area contributed by atoms with Crippen molar-refractivity contribution in [1.29, 1.82) is 0 Å². The topological polar surface area (TPSA) is 71.0 Å². The number of hydrogen-bond donors (Lipinski definition) is 2. The molecule has 1 aliphatic rings. The second kappa shape index (κ2) is 12.5. The van der Waals surface area contributed by atoms with E-state index in [1.807, 2.05) is 36.4 Å². The minimum Gasteiger partial charge on any atom is -0.491 e. The van der Waals surface area contributed by atoms with Gasteiger partial charge in [-0.25, -0.2) is 0 Å². The third-order valence-corrected chi connectivity index (χ3v) is 5.75. The molecular weight excluding hydrogens is 404 g/mol. The number of aliphatic hydroxyl groups is 1. The minimum atomic E-state index is -0.574. The zero-order valence-corrected chi connectivity index (χ0v) is 19.3. The predicted molar refractivity (Wildman–Crippen MR) is 126 cm³/mol. The molecule has 3 rings (SSSR count). The summed E-state index contributed by atoms with van der Waals surface area (Å²) >= 11 is 0. The number of nitrogens with zero attached hydrogens (tertiary/aromatic N) is 1. The van der Waals surface area contributed by atoms with Gasteiger partial charge in [-0.2, -0.15) is 5.06 Å². The quantitative estimate of drug-likeness (QED) is 0.410. The number of carbonyl (C=O) groups excluding carboxylic acids is 1. The van der Waals surface area contributed by atoms with Crippen LogP contribution < -0.4 is 14.9 Å². The maximum absolute atomic E-state index is 11.9. The molecule has 0 fully saturated rings. The highest BCUT2D eigenvalue weighted by molar-refractivity contribution is 5.72. The Morgan fingerprint density at radius 3 is 2.75 bits per heavy atom. The van der Waals surface area contributed by atoms with Gasteiger partial charge in [0.25, 0.3) is 5.91 Å². The van der Waals surface area contributed by atoms with Crippen LogP contribution in [0.1, 0.15) is 50.7 Å². The number of ether oxygens (including phenoxy) is 1. The van der Waals surface area contributed by atoms with E-state index in [-0.39, 0.29) is 18.6 Å². The minimum absolute atomic E-state index is 0.0837. The molecule has 2 unspecified atom stereocenters. The molecule has 0 aliphatic heterocycles. The second-order valence-corrected chi connectivity index (χ2v) is 8.48. The highest BCUT2D eigenvalue weighted by Crippen LogP contribution is 2.26.